The minimum absolute atomic E-state index is 0. The van der Waals surface area contributed by atoms with Crippen molar-refractivity contribution in [2.75, 3.05) is 0 Å². The Kier molecular flexibility index (Phi) is 189. The van der Waals surface area contributed by atoms with Crippen LogP contribution in [0.3, 0.4) is 0 Å². The van der Waals surface area contributed by atoms with Crippen molar-refractivity contribution in [2.45, 2.75) is 86.1 Å². The summed E-state index contributed by atoms with van der Waals surface area (Å²) in [5.74, 6) is 1.42. The zero-order valence-corrected chi connectivity index (χ0v) is 10.1. The van der Waals surface area contributed by atoms with Gasteiger partial charge in [-0.25, -0.2) is 0 Å². The largest absolute Gasteiger partial charge is 0.338 e. The number of rotatable bonds is 0. The second-order valence-corrected chi connectivity index (χ2v) is 4.06. The number of hydrogen-bond acceptors (Lipinski definition) is 0. The Morgan fingerprint density at radius 3 is 0.688 bits per heavy atom. The van der Waals surface area contributed by atoms with Crippen LogP contribution in [0, 0.1) is 18.3 Å². The van der Waals surface area contributed by atoms with Gasteiger partial charge in [0.1, 0.15) is 0 Å². The van der Waals surface area contributed by atoms with E-state index in [1.54, 1.807) is 0 Å². The van der Waals surface area contributed by atoms with Crippen molar-refractivity contribution in [3.8, 4) is 0 Å². The van der Waals surface area contributed by atoms with E-state index in [2.05, 4.69) is 48.5 Å². The van der Waals surface area contributed by atoms with Crippen LogP contribution in [-0.2, 0) is 0 Å². The van der Waals surface area contributed by atoms with Crippen LogP contribution in [0.2, 0.25) is 0 Å². The Bertz CT molecular complexity index is 42.2. The van der Waals surface area contributed by atoms with Crippen LogP contribution in [0.25, 0.3) is 0 Å². The van der Waals surface area contributed by atoms with Crippen molar-refractivity contribution < 1.29 is 0 Å². The van der Waals surface area contributed by atoms with E-state index in [1.807, 2.05) is 0 Å². The van der Waals surface area contributed by atoms with Crippen molar-refractivity contribution in [3.63, 3.8) is 0 Å². The third-order valence-electron chi connectivity index (χ3n) is 0. The Balaban J connectivity index is -0.00000000614. The molecule has 0 rings (SSSR count). The van der Waals surface area contributed by atoms with Crippen LogP contribution in [0.15, 0.2) is 0 Å². The van der Waals surface area contributed by atoms with Crippen molar-refractivity contribution >= 4 is 0 Å². The maximum Gasteiger partial charge on any atom is 0 e. The molecule has 0 heterocycles. The molecule has 0 N–H and O–H groups in total. The molecule has 121 valence electrons. The fourth-order valence-corrected chi connectivity index (χ4v) is 0. The molecule has 0 saturated heterocycles. The summed E-state index contributed by atoms with van der Waals surface area (Å²) in [5, 5.41) is 0. The first-order valence-corrected chi connectivity index (χ1v) is 3.35. The average molecular weight is 487 g/mol. The van der Waals surface area contributed by atoms with Crippen molar-refractivity contribution in [3.05, 3.63) is 12.8 Å². The van der Waals surface area contributed by atoms with Crippen LogP contribution in [0.4, 0.5) is 0 Å². The molecule has 0 nitrogen and oxygen atoms in total. The quantitative estimate of drug-likeness (QED) is 0.315. The zero-order chi connectivity index (χ0) is 8.08. The van der Waals surface area contributed by atoms with Crippen LogP contribution in [-0.4, -0.2) is 0 Å². The minimum atomic E-state index is 0. The van der Waals surface area contributed by atoms with Gasteiger partial charge in [0.15, 0.2) is 0 Å². The topological polar surface area (TPSA) is 0 Å². The van der Waals surface area contributed by atoms with Crippen molar-refractivity contribution in [1.29, 1.82) is 0 Å². The molecule has 1 radical (unpaired) electrons. The summed E-state index contributed by atoms with van der Waals surface area (Å²) in [7, 11) is 0. The monoisotopic (exact) mass is 486 g/mol. The molecule has 0 unspecified atom stereocenters. The van der Waals surface area contributed by atoms with Gasteiger partial charge in [0.25, 0.3) is 0 Å². The van der Waals surface area contributed by atoms with Gasteiger partial charge in [0, 0.05) is 0 Å². The molecule has 0 aromatic carbocycles. The van der Waals surface area contributed by atoms with Crippen LogP contribution >= 0.6 is 0 Å². The smallest absolute Gasteiger partial charge is 0 e. The van der Waals surface area contributed by atoms with Gasteiger partial charge < -0.3 is 12.8 Å². The standard InChI is InChI=1S/C5H11.C4H9.6CH4.Lr/c1-5(2,3)4;1-4(2)3;;;;;;;/h1H2,2-4H3;1-3H3;6*1H4;/q2*-1;;;;;;;. The van der Waals surface area contributed by atoms with Crippen LogP contribution in [0.5, 0.6) is 0 Å². The molecule has 0 aromatic heterocycles. The van der Waals surface area contributed by atoms with Gasteiger partial charge in [-0.2, -0.15) is 26.2 Å². The van der Waals surface area contributed by atoms with E-state index in [9.17, 15) is 0 Å². The molecule has 1 heteroatoms. The van der Waals surface area contributed by atoms with Crippen molar-refractivity contribution in [2.24, 2.45) is 5.41 Å². The molecule has 16 heavy (non-hydrogen) atoms. The molecule has 0 aliphatic rings. The fourth-order valence-electron chi connectivity index (χ4n) is 0. The summed E-state index contributed by atoms with van der Waals surface area (Å²) in [4.78, 5) is 0. The first-order valence-electron chi connectivity index (χ1n) is 3.35. The zero-order valence-electron chi connectivity index (χ0n) is 7.97. The van der Waals surface area contributed by atoms with E-state index in [-0.39, 0.29) is 50.0 Å². The molecular weight excluding hydrogens is 442 g/mol. The molecule has 0 fully saturated rings. The molecule has 0 spiro atoms. The van der Waals surface area contributed by atoms with Gasteiger partial charge in [-0.1, -0.05) is 65.3 Å². The van der Waals surface area contributed by atoms with Crippen LogP contribution < -0.4 is 0 Å². The van der Waals surface area contributed by atoms with Gasteiger partial charge >= 0.3 is 0 Å². The Hall–Kier alpha value is -1.00. The maximum absolute atomic E-state index is 3.77. The van der Waals surface area contributed by atoms with Gasteiger partial charge in [-0.15, -0.1) is 0 Å². The first-order chi connectivity index (χ1) is 3.73. The SMILES string of the molecule is C.C.C.C.C.C.C[C-](C)C.[CH2-]C(C)(C)C.[Lr]. The summed E-state index contributed by atoms with van der Waals surface area (Å²) in [6.45, 7) is 16.2. The molecule has 0 aliphatic heterocycles. The Morgan fingerprint density at radius 2 is 0.688 bits per heavy atom. The minimum Gasteiger partial charge on any atom is -0.338 e. The van der Waals surface area contributed by atoms with E-state index < -0.39 is 0 Å². The predicted molar refractivity (Wildman–Crippen MR) is 85.5 cm³/mol. The summed E-state index contributed by atoms with van der Waals surface area (Å²) >= 11 is 0. The Labute approximate surface area is 105 Å². The summed E-state index contributed by atoms with van der Waals surface area (Å²) in [6.07, 6.45) is 0. The van der Waals surface area contributed by atoms with E-state index >= 15 is 0 Å². The second-order valence-electron chi connectivity index (χ2n) is 4.06. The van der Waals surface area contributed by atoms with E-state index in [0.717, 1.165) is 0 Å². The molecule has 0 aromatic rings. The molecular formula is C15H44Lr-2. The summed E-state index contributed by atoms with van der Waals surface area (Å²) < 4.78 is 0. The van der Waals surface area contributed by atoms with Gasteiger partial charge in [-0.3, -0.25) is 0 Å². The third-order valence-corrected chi connectivity index (χ3v) is 0. The second kappa shape index (κ2) is 37.0. The van der Waals surface area contributed by atoms with Crippen molar-refractivity contribution in [1.82, 2.24) is 0 Å². The van der Waals surface area contributed by atoms with Gasteiger partial charge in [-0.05, 0) is 0 Å². The van der Waals surface area contributed by atoms with Gasteiger partial charge in [0.2, 0.25) is 0 Å². The first kappa shape index (κ1) is 81.7. The molecule has 0 saturated carbocycles. The van der Waals surface area contributed by atoms with Gasteiger partial charge in [0.05, 0.1) is 0 Å². The number of hydrogen-bond donors (Lipinski definition) is 0. The van der Waals surface area contributed by atoms with E-state index in [1.165, 1.54) is 5.92 Å². The third kappa shape index (κ3) is 1870. The molecule has 0 aliphatic carbocycles. The maximum atomic E-state index is 3.77. The molecule has 0 atom stereocenters. The fraction of sp³-hybridized carbons (Fsp3) is 0.867. The van der Waals surface area contributed by atoms with Crippen LogP contribution in [0.1, 0.15) is 86.1 Å². The van der Waals surface area contributed by atoms with E-state index in [0.29, 0.717) is 0 Å². The predicted octanol–water partition coefficient (Wildman–Crippen LogP) is 7.30. The Morgan fingerprint density at radius 1 is 0.688 bits per heavy atom. The summed E-state index contributed by atoms with van der Waals surface area (Å²) in [5.41, 5.74) is 0.250. The normalized spacial score (nSPS) is 6.00. The average Bonchev–Trinajstić information content (AvgIpc) is 1.19. The molecule has 0 amide bonds. The van der Waals surface area contributed by atoms with E-state index in [4.69, 9.17) is 0 Å². The summed E-state index contributed by atoms with van der Waals surface area (Å²) in [6, 6.07) is 0. The molecule has 0 bridgehead atoms.